The van der Waals surface area contributed by atoms with Crippen LogP contribution in [0.5, 0.6) is 5.75 Å². The number of nitrogens with zero attached hydrogens (tertiary/aromatic N) is 1. The molecule has 0 fully saturated rings. The Labute approximate surface area is 170 Å². The number of benzene rings is 2. The minimum atomic E-state index is -0.188. The Morgan fingerprint density at radius 3 is 2.32 bits per heavy atom. The maximum absolute atomic E-state index is 12.0. The minimum Gasteiger partial charge on any atom is -0.484 e. The van der Waals surface area contributed by atoms with Gasteiger partial charge in [0.1, 0.15) is 5.75 Å². The summed E-state index contributed by atoms with van der Waals surface area (Å²) in [5.74, 6) is 0.376. The van der Waals surface area contributed by atoms with Crippen LogP contribution in [0.1, 0.15) is 19.4 Å². The third-order valence-electron chi connectivity index (χ3n) is 3.96. The summed E-state index contributed by atoms with van der Waals surface area (Å²) >= 11 is 5.85. The van der Waals surface area contributed by atoms with Gasteiger partial charge in [0, 0.05) is 30.3 Å². The summed E-state index contributed by atoms with van der Waals surface area (Å²) in [4.78, 5) is 25.4. The number of hydrogen-bond acceptors (Lipinski definition) is 3. The topological polar surface area (TPSA) is 70.7 Å². The largest absolute Gasteiger partial charge is 0.484 e. The van der Waals surface area contributed by atoms with E-state index < -0.39 is 0 Å². The first-order chi connectivity index (χ1) is 13.3. The van der Waals surface area contributed by atoms with Gasteiger partial charge in [0.05, 0.1) is 0 Å². The molecule has 0 unspecified atom stereocenters. The molecule has 2 N–H and O–H groups in total. The lowest BCUT2D eigenvalue weighted by Gasteiger charge is -2.20. The standard InChI is InChI=1S/C21H26ClN3O3/c1-15(2)24-21(27)25(3)18-8-10-19(11-9-18)28-14-20(26)23-13-12-16-4-6-17(22)7-5-16/h4-11,15H,12-14H2,1-3H3,(H,23,26)(H,24,27). The lowest BCUT2D eigenvalue weighted by Crippen LogP contribution is -2.40. The van der Waals surface area contributed by atoms with Crippen LogP contribution in [0.3, 0.4) is 0 Å². The molecule has 2 aromatic rings. The lowest BCUT2D eigenvalue weighted by atomic mass is 10.1. The maximum Gasteiger partial charge on any atom is 0.321 e. The first-order valence-corrected chi connectivity index (χ1v) is 9.51. The monoisotopic (exact) mass is 403 g/mol. The first kappa shape index (κ1) is 21.6. The van der Waals surface area contributed by atoms with Crippen molar-refractivity contribution in [2.24, 2.45) is 0 Å². The summed E-state index contributed by atoms with van der Waals surface area (Å²) in [6.45, 7) is 4.27. The van der Waals surface area contributed by atoms with Crippen molar-refractivity contribution in [1.82, 2.24) is 10.6 Å². The molecule has 28 heavy (non-hydrogen) atoms. The van der Waals surface area contributed by atoms with Crippen LogP contribution in [0.25, 0.3) is 0 Å². The molecule has 0 heterocycles. The van der Waals surface area contributed by atoms with Crippen LogP contribution in [0.4, 0.5) is 10.5 Å². The summed E-state index contributed by atoms with van der Waals surface area (Å²) in [6.07, 6.45) is 0.725. The molecule has 0 saturated heterocycles. The van der Waals surface area contributed by atoms with Crippen molar-refractivity contribution in [2.75, 3.05) is 25.1 Å². The summed E-state index contributed by atoms with van der Waals surface area (Å²) in [5.41, 5.74) is 1.84. The van der Waals surface area contributed by atoms with Crippen LogP contribution < -0.4 is 20.3 Å². The van der Waals surface area contributed by atoms with Gasteiger partial charge in [-0.05, 0) is 62.2 Å². The van der Waals surface area contributed by atoms with Crippen LogP contribution in [0.2, 0.25) is 5.02 Å². The Morgan fingerprint density at radius 1 is 1.07 bits per heavy atom. The molecule has 0 aromatic heterocycles. The lowest BCUT2D eigenvalue weighted by molar-refractivity contribution is -0.123. The van der Waals surface area contributed by atoms with Crippen LogP contribution in [0.15, 0.2) is 48.5 Å². The third kappa shape index (κ3) is 7.12. The van der Waals surface area contributed by atoms with E-state index >= 15 is 0 Å². The molecular weight excluding hydrogens is 378 g/mol. The van der Waals surface area contributed by atoms with E-state index in [2.05, 4.69) is 10.6 Å². The SMILES string of the molecule is CC(C)NC(=O)N(C)c1ccc(OCC(=O)NCCc2ccc(Cl)cc2)cc1. The van der Waals surface area contributed by atoms with Crippen LogP contribution >= 0.6 is 11.6 Å². The summed E-state index contributed by atoms with van der Waals surface area (Å²) in [7, 11) is 1.70. The number of nitrogens with one attached hydrogen (secondary N) is 2. The number of anilines is 1. The molecule has 2 rings (SSSR count). The van der Waals surface area contributed by atoms with E-state index in [4.69, 9.17) is 16.3 Å². The van der Waals surface area contributed by atoms with Crippen molar-refractivity contribution in [3.8, 4) is 5.75 Å². The zero-order valence-electron chi connectivity index (χ0n) is 16.4. The second-order valence-electron chi connectivity index (χ2n) is 6.67. The highest BCUT2D eigenvalue weighted by Crippen LogP contribution is 2.18. The predicted octanol–water partition coefficient (Wildman–Crippen LogP) is 3.63. The quantitative estimate of drug-likeness (QED) is 0.707. The minimum absolute atomic E-state index is 0.0655. The Kier molecular flexibility index (Phi) is 8.14. The van der Waals surface area contributed by atoms with Gasteiger partial charge in [0.15, 0.2) is 6.61 Å². The average Bonchev–Trinajstić information content (AvgIpc) is 2.67. The fourth-order valence-corrected chi connectivity index (χ4v) is 2.55. The van der Waals surface area contributed by atoms with E-state index in [0.717, 1.165) is 17.7 Å². The number of hydrogen-bond donors (Lipinski definition) is 2. The van der Waals surface area contributed by atoms with E-state index in [1.165, 1.54) is 4.90 Å². The van der Waals surface area contributed by atoms with E-state index in [-0.39, 0.29) is 24.6 Å². The molecule has 0 aliphatic heterocycles. The zero-order chi connectivity index (χ0) is 20.5. The molecule has 0 aliphatic rings. The fourth-order valence-electron chi connectivity index (χ4n) is 2.42. The van der Waals surface area contributed by atoms with Gasteiger partial charge >= 0.3 is 6.03 Å². The Hall–Kier alpha value is -2.73. The summed E-state index contributed by atoms with van der Waals surface area (Å²) in [5, 5.41) is 6.34. The summed E-state index contributed by atoms with van der Waals surface area (Å²) in [6, 6.07) is 14.4. The predicted molar refractivity (Wildman–Crippen MR) is 112 cm³/mol. The molecule has 0 bridgehead atoms. The fraction of sp³-hybridized carbons (Fsp3) is 0.333. The molecular formula is C21H26ClN3O3. The van der Waals surface area contributed by atoms with Gasteiger partial charge in [-0.2, -0.15) is 0 Å². The number of rotatable bonds is 8. The highest BCUT2D eigenvalue weighted by atomic mass is 35.5. The number of urea groups is 1. The number of carbonyl (C=O) groups is 2. The summed E-state index contributed by atoms with van der Waals surface area (Å²) < 4.78 is 5.50. The molecule has 150 valence electrons. The first-order valence-electron chi connectivity index (χ1n) is 9.13. The van der Waals surface area contributed by atoms with Crippen molar-refractivity contribution in [1.29, 1.82) is 0 Å². The number of halogens is 1. The van der Waals surface area contributed by atoms with Gasteiger partial charge in [-0.15, -0.1) is 0 Å². The zero-order valence-corrected chi connectivity index (χ0v) is 17.1. The number of ether oxygens (including phenoxy) is 1. The van der Waals surface area contributed by atoms with Gasteiger partial charge < -0.3 is 15.4 Å². The molecule has 6 nitrogen and oxygen atoms in total. The average molecular weight is 404 g/mol. The molecule has 2 aromatic carbocycles. The van der Waals surface area contributed by atoms with Gasteiger partial charge in [-0.3, -0.25) is 9.69 Å². The van der Waals surface area contributed by atoms with Crippen molar-refractivity contribution >= 4 is 29.2 Å². The van der Waals surface area contributed by atoms with Crippen LogP contribution in [0, 0.1) is 0 Å². The van der Waals surface area contributed by atoms with Gasteiger partial charge in [0.25, 0.3) is 5.91 Å². The Bertz CT molecular complexity index is 776. The molecule has 0 radical (unpaired) electrons. The van der Waals surface area contributed by atoms with E-state index in [0.29, 0.717) is 17.3 Å². The van der Waals surface area contributed by atoms with Crippen molar-refractivity contribution in [2.45, 2.75) is 26.3 Å². The van der Waals surface area contributed by atoms with Crippen LogP contribution in [-0.4, -0.2) is 38.2 Å². The van der Waals surface area contributed by atoms with Gasteiger partial charge in [-0.25, -0.2) is 4.79 Å². The number of amides is 3. The van der Waals surface area contributed by atoms with Crippen molar-refractivity contribution in [3.63, 3.8) is 0 Å². The second-order valence-corrected chi connectivity index (χ2v) is 7.11. The van der Waals surface area contributed by atoms with Crippen LogP contribution in [-0.2, 0) is 11.2 Å². The second kappa shape index (κ2) is 10.6. The van der Waals surface area contributed by atoms with Gasteiger partial charge in [0.2, 0.25) is 0 Å². The smallest absolute Gasteiger partial charge is 0.321 e. The molecule has 3 amide bonds. The van der Waals surface area contributed by atoms with Crippen molar-refractivity contribution < 1.29 is 14.3 Å². The Morgan fingerprint density at radius 2 is 1.71 bits per heavy atom. The van der Waals surface area contributed by atoms with Gasteiger partial charge in [-0.1, -0.05) is 23.7 Å². The maximum atomic E-state index is 12.0. The number of carbonyl (C=O) groups excluding carboxylic acids is 2. The normalized spacial score (nSPS) is 10.5. The Balaban J connectivity index is 1.73. The third-order valence-corrected chi connectivity index (χ3v) is 4.21. The van der Waals surface area contributed by atoms with E-state index in [1.807, 2.05) is 38.1 Å². The highest BCUT2D eigenvalue weighted by molar-refractivity contribution is 6.30. The van der Waals surface area contributed by atoms with Crippen molar-refractivity contribution in [3.05, 3.63) is 59.1 Å². The van der Waals surface area contributed by atoms with E-state index in [9.17, 15) is 9.59 Å². The van der Waals surface area contributed by atoms with E-state index in [1.54, 1.807) is 31.3 Å². The molecule has 0 saturated carbocycles. The molecule has 7 heteroatoms. The molecule has 0 spiro atoms. The highest BCUT2D eigenvalue weighted by Gasteiger charge is 2.11. The molecule has 0 aliphatic carbocycles. The molecule has 0 atom stereocenters.